The first-order valence-corrected chi connectivity index (χ1v) is 7.04. The van der Waals surface area contributed by atoms with Gasteiger partial charge in [-0.3, -0.25) is 4.79 Å². The maximum Gasteiger partial charge on any atom is 0.255 e. The van der Waals surface area contributed by atoms with Gasteiger partial charge in [0.05, 0.1) is 0 Å². The van der Waals surface area contributed by atoms with Crippen LogP contribution in [-0.2, 0) is 11.2 Å². The van der Waals surface area contributed by atoms with E-state index in [1.54, 1.807) is 6.07 Å². The molecule has 0 spiro atoms. The second kappa shape index (κ2) is 7.56. The molecule has 2 rings (SSSR count). The van der Waals surface area contributed by atoms with Gasteiger partial charge < -0.3 is 16.2 Å². The van der Waals surface area contributed by atoms with E-state index >= 15 is 0 Å². The van der Waals surface area contributed by atoms with Gasteiger partial charge in [-0.1, -0.05) is 30.3 Å². The molecular weight excluding hydrogens is 283 g/mol. The average Bonchev–Trinajstić information content (AvgIpc) is 2.53. The van der Waals surface area contributed by atoms with E-state index in [9.17, 15) is 9.18 Å². The summed E-state index contributed by atoms with van der Waals surface area (Å²) in [6.07, 6.45) is 0.632. The largest absolute Gasteiger partial charge is 0.484 e. The molecule has 0 radical (unpaired) electrons. The average molecular weight is 302 g/mol. The third kappa shape index (κ3) is 4.30. The molecule has 0 aliphatic heterocycles. The summed E-state index contributed by atoms with van der Waals surface area (Å²) in [6.45, 7) is 0.0716. The Morgan fingerprint density at radius 3 is 2.55 bits per heavy atom. The molecule has 0 fully saturated rings. The normalized spacial score (nSPS) is 11.9. The Morgan fingerprint density at radius 1 is 1.18 bits per heavy atom. The van der Waals surface area contributed by atoms with Crippen molar-refractivity contribution in [2.75, 3.05) is 13.2 Å². The molecule has 0 heterocycles. The maximum atomic E-state index is 14.1. The molecule has 0 saturated heterocycles. The van der Waals surface area contributed by atoms with Crippen molar-refractivity contribution < 1.29 is 13.9 Å². The second-order valence-electron chi connectivity index (χ2n) is 5.06. The molecule has 0 aliphatic carbocycles. The topological polar surface area (TPSA) is 78.3 Å². The second-order valence-corrected chi connectivity index (χ2v) is 5.06. The minimum atomic E-state index is -0.578. The molecule has 5 heteroatoms. The number of hydrogen-bond donors (Lipinski definition) is 2. The van der Waals surface area contributed by atoms with Crippen LogP contribution in [0.3, 0.4) is 0 Å². The zero-order valence-electron chi connectivity index (χ0n) is 12.2. The van der Waals surface area contributed by atoms with Gasteiger partial charge in [0.1, 0.15) is 11.6 Å². The number of hydrogen-bond acceptors (Lipinski definition) is 3. The van der Waals surface area contributed by atoms with Gasteiger partial charge in [0.15, 0.2) is 6.61 Å². The van der Waals surface area contributed by atoms with E-state index in [2.05, 4.69) is 0 Å². The molecule has 1 unspecified atom stereocenters. The number of carbonyl (C=O) groups excluding carboxylic acids is 1. The van der Waals surface area contributed by atoms with Crippen LogP contribution in [0.4, 0.5) is 4.39 Å². The number of benzene rings is 2. The monoisotopic (exact) mass is 302 g/mol. The SMILES string of the molecule is NCC(Cc1ccccc1)c1cc(OCC(N)=O)ccc1F. The summed E-state index contributed by atoms with van der Waals surface area (Å²) in [6, 6.07) is 14.1. The van der Waals surface area contributed by atoms with Gasteiger partial charge in [0.2, 0.25) is 0 Å². The van der Waals surface area contributed by atoms with Gasteiger partial charge in [-0.25, -0.2) is 4.39 Å². The summed E-state index contributed by atoms with van der Waals surface area (Å²) in [5.41, 5.74) is 12.4. The smallest absolute Gasteiger partial charge is 0.255 e. The highest BCUT2D eigenvalue weighted by Crippen LogP contribution is 2.26. The number of halogens is 1. The van der Waals surface area contributed by atoms with Gasteiger partial charge in [-0.2, -0.15) is 0 Å². The summed E-state index contributed by atoms with van der Waals surface area (Å²) in [5, 5.41) is 0. The predicted octanol–water partition coefficient (Wildman–Crippen LogP) is 1.97. The molecule has 116 valence electrons. The molecule has 0 aliphatic rings. The third-order valence-corrected chi connectivity index (χ3v) is 3.40. The summed E-state index contributed by atoms with van der Waals surface area (Å²) in [5.74, 6) is -0.676. The Morgan fingerprint density at radius 2 is 1.91 bits per heavy atom. The standard InChI is InChI=1S/C17H19FN2O2/c18-16-7-6-14(22-11-17(20)21)9-15(16)13(10-19)8-12-4-2-1-3-5-12/h1-7,9,13H,8,10-11,19H2,(H2,20,21). The van der Waals surface area contributed by atoms with Gasteiger partial charge in [0, 0.05) is 5.92 Å². The number of ether oxygens (including phenoxy) is 1. The molecular formula is C17H19FN2O2. The van der Waals surface area contributed by atoms with Crippen molar-refractivity contribution in [3.05, 3.63) is 65.5 Å². The van der Waals surface area contributed by atoms with Gasteiger partial charge in [-0.05, 0) is 42.3 Å². The molecule has 0 aromatic heterocycles. The highest BCUT2D eigenvalue weighted by molar-refractivity contribution is 5.75. The highest BCUT2D eigenvalue weighted by atomic mass is 19.1. The first-order valence-electron chi connectivity index (χ1n) is 7.04. The van der Waals surface area contributed by atoms with E-state index in [4.69, 9.17) is 16.2 Å². The zero-order chi connectivity index (χ0) is 15.9. The van der Waals surface area contributed by atoms with E-state index in [-0.39, 0.29) is 18.3 Å². The van der Waals surface area contributed by atoms with Crippen molar-refractivity contribution in [2.24, 2.45) is 11.5 Å². The Balaban J connectivity index is 2.20. The fourth-order valence-corrected chi connectivity index (χ4v) is 2.30. The van der Waals surface area contributed by atoms with Crippen LogP contribution in [0.5, 0.6) is 5.75 Å². The number of nitrogens with two attached hydrogens (primary N) is 2. The van der Waals surface area contributed by atoms with E-state index < -0.39 is 5.91 Å². The lowest BCUT2D eigenvalue weighted by atomic mass is 9.91. The molecule has 1 atom stereocenters. The lowest BCUT2D eigenvalue weighted by molar-refractivity contribution is -0.119. The summed E-state index contributed by atoms with van der Waals surface area (Å²) in [7, 11) is 0. The van der Waals surface area contributed by atoms with Crippen molar-refractivity contribution >= 4 is 5.91 Å². The molecule has 1 amide bonds. The van der Waals surface area contributed by atoms with E-state index in [1.807, 2.05) is 30.3 Å². The van der Waals surface area contributed by atoms with Crippen LogP contribution in [0.1, 0.15) is 17.0 Å². The molecule has 22 heavy (non-hydrogen) atoms. The number of primary amides is 1. The van der Waals surface area contributed by atoms with Crippen LogP contribution in [0.25, 0.3) is 0 Å². The third-order valence-electron chi connectivity index (χ3n) is 3.40. The minimum Gasteiger partial charge on any atom is -0.484 e. The fraction of sp³-hybridized carbons (Fsp3) is 0.235. The highest BCUT2D eigenvalue weighted by Gasteiger charge is 2.16. The zero-order valence-corrected chi connectivity index (χ0v) is 12.2. The Labute approximate surface area is 128 Å². The number of amides is 1. The number of carbonyl (C=O) groups is 1. The molecule has 2 aromatic carbocycles. The summed E-state index contributed by atoms with van der Waals surface area (Å²) >= 11 is 0. The van der Waals surface area contributed by atoms with Crippen molar-refractivity contribution in [3.63, 3.8) is 0 Å². The summed E-state index contributed by atoms with van der Waals surface area (Å²) < 4.78 is 19.3. The Bertz CT molecular complexity index is 632. The molecule has 2 aromatic rings. The maximum absolute atomic E-state index is 14.1. The van der Waals surface area contributed by atoms with E-state index in [1.165, 1.54) is 12.1 Å². The van der Waals surface area contributed by atoms with Gasteiger partial charge in [0.25, 0.3) is 5.91 Å². The quantitative estimate of drug-likeness (QED) is 0.821. The lowest BCUT2D eigenvalue weighted by Crippen LogP contribution is -2.20. The lowest BCUT2D eigenvalue weighted by Gasteiger charge is -2.17. The van der Waals surface area contributed by atoms with Crippen LogP contribution >= 0.6 is 0 Å². The molecule has 4 nitrogen and oxygen atoms in total. The van der Waals surface area contributed by atoms with Crippen LogP contribution in [-0.4, -0.2) is 19.1 Å². The van der Waals surface area contributed by atoms with Crippen LogP contribution in [0.2, 0.25) is 0 Å². The first kappa shape index (κ1) is 16.0. The Hall–Kier alpha value is -2.40. The van der Waals surface area contributed by atoms with Gasteiger partial charge >= 0.3 is 0 Å². The van der Waals surface area contributed by atoms with Gasteiger partial charge in [-0.15, -0.1) is 0 Å². The summed E-state index contributed by atoms with van der Waals surface area (Å²) in [4.78, 5) is 10.8. The minimum absolute atomic E-state index is 0.167. The van der Waals surface area contributed by atoms with Crippen LogP contribution < -0.4 is 16.2 Å². The number of rotatable bonds is 7. The van der Waals surface area contributed by atoms with Crippen molar-refractivity contribution in [3.8, 4) is 5.75 Å². The molecule has 0 bridgehead atoms. The van der Waals surface area contributed by atoms with Crippen molar-refractivity contribution in [2.45, 2.75) is 12.3 Å². The fourth-order valence-electron chi connectivity index (χ4n) is 2.30. The van der Waals surface area contributed by atoms with Crippen LogP contribution in [0.15, 0.2) is 48.5 Å². The predicted molar refractivity (Wildman–Crippen MR) is 83.0 cm³/mol. The molecule has 4 N–H and O–H groups in total. The van der Waals surface area contributed by atoms with E-state index in [0.29, 0.717) is 24.3 Å². The molecule has 0 saturated carbocycles. The van der Waals surface area contributed by atoms with E-state index in [0.717, 1.165) is 5.56 Å². The van der Waals surface area contributed by atoms with Crippen molar-refractivity contribution in [1.82, 2.24) is 0 Å². The Kier molecular flexibility index (Phi) is 5.49. The van der Waals surface area contributed by atoms with Crippen molar-refractivity contribution in [1.29, 1.82) is 0 Å². The van der Waals surface area contributed by atoms with Crippen LogP contribution in [0, 0.1) is 5.82 Å². The first-order chi connectivity index (χ1) is 10.6.